The highest BCUT2D eigenvalue weighted by Gasteiger charge is 2.09. The molecule has 0 aromatic carbocycles. The van der Waals surface area contributed by atoms with E-state index in [1.165, 1.54) is 12.1 Å². The topological polar surface area (TPSA) is 104 Å². The number of hydrogen-bond acceptors (Lipinski definition) is 4. The molecule has 0 bridgehead atoms. The Kier molecular flexibility index (Phi) is 3.52. The van der Waals surface area contributed by atoms with Crippen molar-refractivity contribution in [2.45, 2.75) is 19.8 Å². The average molecular weight is 247 g/mol. The quantitative estimate of drug-likeness (QED) is 0.739. The average Bonchev–Trinajstić information content (AvgIpc) is 2.78. The van der Waals surface area contributed by atoms with Crippen LogP contribution in [-0.4, -0.2) is 26.3 Å². The summed E-state index contributed by atoms with van der Waals surface area (Å²) in [6.07, 6.45) is 1.87. The van der Waals surface area contributed by atoms with Crippen molar-refractivity contribution in [3.8, 4) is 0 Å². The number of amides is 1. The molecule has 0 unspecified atom stereocenters. The Labute approximate surface area is 103 Å². The molecule has 2 heterocycles. The zero-order valence-electron chi connectivity index (χ0n) is 9.86. The molecule has 2 aromatic rings. The molecule has 3 N–H and O–H groups in total. The fraction of sp³-hybridized carbons (Fsp3) is 0.273. The number of nitrogens with one attached hydrogen (secondary N) is 3. The number of nitrogens with zero attached hydrogens (tertiary/aromatic N) is 2. The molecule has 7 nitrogen and oxygen atoms in total. The van der Waals surface area contributed by atoms with E-state index in [0.717, 1.165) is 18.5 Å². The van der Waals surface area contributed by atoms with Gasteiger partial charge in [-0.05, 0) is 12.5 Å². The first-order valence-electron chi connectivity index (χ1n) is 5.60. The van der Waals surface area contributed by atoms with E-state index in [1.54, 1.807) is 6.07 Å². The van der Waals surface area contributed by atoms with Crippen molar-refractivity contribution in [2.75, 3.05) is 5.32 Å². The first-order valence-corrected chi connectivity index (χ1v) is 5.60. The molecule has 0 atom stereocenters. The van der Waals surface area contributed by atoms with Crippen LogP contribution < -0.4 is 10.9 Å². The standard InChI is InChI=1S/C11H13N5O2/c1-2-3-7-6-9(15-13-7)12-11(18)8-4-5-10(17)16-14-8/h4-6H,2-3H2,1H3,(H,16,17)(H2,12,13,15,18). The molecule has 0 saturated carbocycles. The molecule has 0 aliphatic carbocycles. The van der Waals surface area contributed by atoms with Crippen LogP contribution in [0.2, 0.25) is 0 Å². The third-order valence-corrected chi connectivity index (χ3v) is 2.30. The van der Waals surface area contributed by atoms with Crippen molar-refractivity contribution in [1.82, 2.24) is 20.4 Å². The highest BCUT2D eigenvalue weighted by Crippen LogP contribution is 2.08. The number of rotatable bonds is 4. The maximum atomic E-state index is 11.7. The highest BCUT2D eigenvalue weighted by molar-refractivity contribution is 6.02. The van der Waals surface area contributed by atoms with Crippen LogP contribution in [0.25, 0.3) is 0 Å². The highest BCUT2D eigenvalue weighted by atomic mass is 16.2. The summed E-state index contributed by atoms with van der Waals surface area (Å²) >= 11 is 0. The molecule has 7 heteroatoms. The maximum absolute atomic E-state index is 11.7. The number of carbonyl (C=O) groups excluding carboxylic acids is 1. The molecule has 94 valence electrons. The monoisotopic (exact) mass is 247 g/mol. The van der Waals surface area contributed by atoms with Gasteiger partial charge in [-0.3, -0.25) is 14.7 Å². The van der Waals surface area contributed by atoms with Crippen LogP contribution >= 0.6 is 0 Å². The maximum Gasteiger partial charge on any atom is 0.277 e. The Morgan fingerprint density at radius 2 is 2.17 bits per heavy atom. The number of H-pyrrole nitrogens is 2. The molecule has 0 aliphatic rings. The Balaban J connectivity index is 2.06. The molecule has 0 fully saturated rings. The molecule has 0 saturated heterocycles. The van der Waals surface area contributed by atoms with Gasteiger partial charge in [0, 0.05) is 17.8 Å². The minimum atomic E-state index is -0.416. The van der Waals surface area contributed by atoms with Crippen LogP contribution in [0.15, 0.2) is 23.0 Å². The van der Waals surface area contributed by atoms with E-state index in [1.807, 2.05) is 0 Å². The van der Waals surface area contributed by atoms with E-state index in [4.69, 9.17) is 0 Å². The van der Waals surface area contributed by atoms with E-state index >= 15 is 0 Å². The van der Waals surface area contributed by atoms with Crippen molar-refractivity contribution in [1.29, 1.82) is 0 Å². The third-order valence-electron chi connectivity index (χ3n) is 2.30. The lowest BCUT2D eigenvalue weighted by Gasteiger charge is -1.99. The number of aryl methyl sites for hydroxylation is 1. The molecule has 0 aliphatic heterocycles. The van der Waals surface area contributed by atoms with Gasteiger partial charge < -0.3 is 5.32 Å². The van der Waals surface area contributed by atoms with Gasteiger partial charge in [-0.1, -0.05) is 13.3 Å². The van der Waals surface area contributed by atoms with E-state index in [-0.39, 0.29) is 11.3 Å². The van der Waals surface area contributed by atoms with Crippen LogP contribution in [0.1, 0.15) is 29.5 Å². The summed E-state index contributed by atoms with van der Waals surface area (Å²) in [7, 11) is 0. The van der Waals surface area contributed by atoms with E-state index in [0.29, 0.717) is 5.82 Å². The molecule has 2 rings (SSSR count). The lowest BCUT2D eigenvalue weighted by molar-refractivity contribution is 0.102. The lowest BCUT2D eigenvalue weighted by Crippen LogP contribution is -2.17. The van der Waals surface area contributed by atoms with E-state index in [9.17, 15) is 9.59 Å². The Bertz CT molecular complexity index is 581. The second-order valence-electron chi connectivity index (χ2n) is 3.79. The second-order valence-corrected chi connectivity index (χ2v) is 3.79. The predicted octanol–water partition coefficient (Wildman–Crippen LogP) is 0.698. The lowest BCUT2D eigenvalue weighted by atomic mass is 10.2. The molecule has 18 heavy (non-hydrogen) atoms. The Morgan fingerprint density at radius 3 is 2.83 bits per heavy atom. The van der Waals surface area contributed by atoms with Crippen molar-refractivity contribution < 1.29 is 4.79 Å². The minimum Gasteiger partial charge on any atom is -0.304 e. The minimum absolute atomic E-state index is 0.134. The first kappa shape index (κ1) is 12.0. The van der Waals surface area contributed by atoms with Crippen molar-refractivity contribution in [3.05, 3.63) is 39.9 Å². The number of anilines is 1. The van der Waals surface area contributed by atoms with Crippen LogP contribution in [0, 0.1) is 0 Å². The van der Waals surface area contributed by atoms with Crippen LogP contribution in [0.4, 0.5) is 5.82 Å². The molecule has 0 radical (unpaired) electrons. The van der Waals surface area contributed by atoms with Gasteiger partial charge in [0.25, 0.3) is 11.5 Å². The van der Waals surface area contributed by atoms with Gasteiger partial charge in [0.2, 0.25) is 0 Å². The van der Waals surface area contributed by atoms with Crippen molar-refractivity contribution in [2.24, 2.45) is 0 Å². The zero-order chi connectivity index (χ0) is 13.0. The summed E-state index contributed by atoms with van der Waals surface area (Å²) in [6, 6.07) is 4.37. The van der Waals surface area contributed by atoms with Gasteiger partial charge >= 0.3 is 0 Å². The number of carbonyl (C=O) groups is 1. The number of aromatic amines is 2. The SMILES string of the molecule is CCCc1cc(NC(=O)c2ccc(=O)[nH]n2)n[nH]1. The van der Waals surface area contributed by atoms with Gasteiger partial charge in [-0.25, -0.2) is 5.10 Å². The summed E-state index contributed by atoms with van der Waals surface area (Å²) in [5, 5.41) is 15.2. The summed E-state index contributed by atoms with van der Waals surface area (Å²) in [4.78, 5) is 22.6. The van der Waals surface area contributed by atoms with Crippen LogP contribution in [0.3, 0.4) is 0 Å². The van der Waals surface area contributed by atoms with Crippen molar-refractivity contribution in [3.63, 3.8) is 0 Å². The van der Waals surface area contributed by atoms with Crippen LogP contribution in [-0.2, 0) is 6.42 Å². The summed E-state index contributed by atoms with van der Waals surface area (Å²) in [6.45, 7) is 2.06. The third kappa shape index (κ3) is 2.82. The largest absolute Gasteiger partial charge is 0.304 e. The van der Waals surface area contributed by atoms with Crippen molar-refractivity contribution >= 4 is 11.7 Å². The predicted molar refractivity (Wildman–Crippen MR) is 65.4 cm³/mol. The smallest absolute Gasteiger partial charge is 0.277 e. The summed E-state index contributed by atoms with van der Waals surface area (Å²) < 4.78 is 0. The molecular formula is C11H13N5O2. The van der Waals surface area contributed by atoms with Gasteiger partial charge in [-0.2, -0.15) is 10.2 Å². The summed E-state index contributed by atoms with van der Waals surface area (Å²) in [5.41, 5.74) is 0.744. The Hall–Kier alpha value is -2.44. The first-order chi connectivity index (χ1) is 8.69. The molecule has 0 spiro atoms. The number of aromatic nitrogens is 4. The van der Waals surface area contributed by atoms with E-state index in [2.05, 4.69) is 32.6 Å². The molecule has 2 aromatic heterocycles. The number of hydrogen-bond donors (Lipinski definition) is 3. The van der Waals surface area contributed by atoms with Gasteiger partial charge in [0.1, 0.15) is 5.69 Å². The normalized spacial score (nSPS) is 10.3. The van der Waals surface area contributed by atoms with E-state index < -0.39 is 5.91 Å². The second kappa shape index (κ2) is 5.26. The van der Waals surface area contributed by atoms with Gasteiger partial charge in [0.05, 0.1) is 0 Å². The van der Waals surface area contributed by atoms with Gasteiger partial charge in [0.15, 0.2) is 5.82 Å². The Morgan fingerprint density at radius 1 is 1.33 bits per heavy atom. The summed E-state index contributed by atoms with van der Waals surface area (Å²) in [5.74, 6) is 0.0252. The fourth-order valence-electron chi connectivity index (χ4n) is 1.47. The molecule has 1 amide bonds. The zero-order valence-corrected chi connectivity index (χ0v) is 9.86. The molecular weight excluding hydrogens is 234 g/mol. The fourth-order valence-corrected chi connectivity index (χ4v) is 1.47. The van der Waals surface area contributed by atoms with Gasteiger partial charge in [-0.15, -0.1) is 0 Å². The van der Waals surface area contributed by atoms with Crippen LogP contribution in [0.5, 0.6) is 0 Å².